The van der Waals surface area contributed by atoms with Gasteiger partial charge in [0.05, 0.1) is 0 Å². The van der Waals surface area contributed by atoms with Gasteiger partial charge in [0.1, 0.15) is 0 Å². The van der Waals surface area contributed by atoms with Crippen LogP contribution in [-0.4, -0.2) is 7.05 Å². The number of anilines is 2. The molecule has 0 radical (unpaired) electrons. The van der Waals surface area contributed by atoms with Crippen molar-refractivity contribution in [2.24, 2.45) is 11.3 Å². The molecule has 8 aromatic carbocycles. The van der Waals surface area contributed by atoms with Gasteiger partial charge in [-0.25, -0.2) is 0 Å². The second kappa shape index (κ2) is 22.2. The standard InChI is InChI=1S/C17H22.C16H18N2.C16H14.C15H14.C14H12/c1-13-10-11-15(14-8-6-5-7-9-14)16(12-13)17(2,3)4;1-16(2)14-8-10(17)4-6-12(14)13-7-5-11(18-3)9-15(13)16;1-16(2)14-10-5-3-4-8-12(14)13-9-6-7-11-15(13)16;1-15(2)13-9-5-3-7-11(13)12-8-4-6-10-14(12)15;1-10-11-6-2-4-8-13(11)14-9-5-3-7-12(10)14/h5-11,13H,12H2,1-4H3;4-9,18H,17H2,1-3H3;4,6-9,11H,10H2,1-2H3;3-10H,1-2H3;2-10H,1H3. The number of hydrogen-bond donors (Lipinski definition) is 2. The van der Waals surface area contributed by atoms with Crippen LogP contribution in [0.3, 0.4) is 0 Å². The Bertz CT molecular complexity index is 3720. The fourth-order valence-electron chi connectivity index (χ4n) is 13.2. The Balaban J connectivity index is 0.000000113. The lowest BCUT2D eigenvalue weighted by molar-refractivity contribution is 0.464. The summed E-state index contributed by atoms with van der Waals surface area (Å²) >= 11 is 0. The molecule has 0 aromatic heterocycles. The van der Waals surface area contributed by atoms with Gasteiger partial charge < -0.3 is 11.1 Å². The second-order valence-electron chi connectivity index (χ2n) is 25.0. The van der Waals surface area contributed by atoms with Gasteiger partial charge >= 0.3 is 0 Å². The monoisotopic (exact) mass is 1040 g/mol. The Hall–Kier alpha value is -8.12. The molecular weight excluding hydrogens is 965 g/mol. The lowest BCUT2D eigenvalue weighted by atomic mass is 9.74. The molecule has 2 heteroatoms. The van der Waals surface area contributed by atoms with Gasteiger partial charge in [0.25, 0.3) is 0 Å². The molecule has 0 bridgehead atoms. The minimum atomic E-state index is 0.0207. The Labute approximate surface area is 479 Å². The van der Waals surface area contributed by atoms with Crippen LogP contribution in [-0.2, 0) is 16.2 Å². The second-order valence-corrected chi connectivity index (χ2v) is 25.0. The van der Waals surface area contributed by atoms with Crippen molar-refractivity contribution < 1.29 is 0 Å². The van der Waals surface area contributed by atoms with Crippen molar-refractivity contribution in [2.75, 3.05) is 18.1 Å². The molecule has 402 valence electrons. The molecular formula is C78H80N2. The lowest BCUT2D eigenvalue weighted by Crippen LogP contribution is -2.16. The molecule has 0 fully saturated rings. The third-order valence-corrected chi connectivity index (χ3v) is 17.7. The van der Waals surface area contributed by atoms with Crippen LogP contribution in [0.4, 0.5) is 11.4 Å². The van der Waals surface area contributed by atoms with Crippen LogP contribution in [0.25, 0.3) is 44.5 Å². The van der Waals surface area contributed by atoms with Crippen molar-refractivity contribution in [1.29, 1.82) is 0 Å². The summed E-state index contributed by atoms with van der Waals surface area (Å²) in [6.07, 6.45) is 10.9. The van der Waals surface area contributed by atoms with Gasteiger partial charge in [-0.15, -0.1) is 0 Å². The van der Waals surface area contributed by atoms with Crippen molar-refractivity contribution in [3.8, 4) is 45.2 Å². The first kappa shape index (κ1) is 55.2. The molecule has 14 rings (SSSR count). The predicted octanol–water partition coefficient (Wildman–Crippen LogP) is 20.2. The van der Waals surface area contributed by atoms with Crippen molar-refractivity contribution in [3.05, 3.63) is 274 Å². The number of fused-ring (bicyclic) bond motifs is 11. The van der Waals surface area contributed by atoms with Gasteiger partial charge in [-0.05, 0) is 154 Å². The van der Waals surface area contributed by atoms with Crippen molar-refractivity contribution in [1.82, 2.24) is 0 Å². The molecule has 8 aromatic rings. The van der Waals surface area contributed by atoms with E-state index in [1.54, 1.807) is 5.57 Å². The Kier molecular flexibility index (Phi) is 15.3. The average Bonchev–Trinajstić information content (AvgIpc) is 3.96. The Morgan fingerprint density at radius 2 is 0.963 bits per heavy atom. The molecule has 6 aliphatic rings. The molecule has 3 N–H and O–H groups in total. The van der Waals surface area contributed by atoms with Gasteiger partial charge in [-0.1, -0.05) is 270 Å². The van der Waals surface area contributed by atoms with Gasteiger partial charge in [0.15, 0.2) is 0 Å². The smallest absolute Gasteiger partial charge is 0.0341 e. The van der Waals surface area contributed by atoms with Crippen LogP contribution in [0.15, 0.2) is 224 Å². The Morgan fingerprint density at radius 1 is 0.487 bits per heavy atom. The van der Waals surface area contributed by atoms with Gasteiger partial charge in [-0.2, -0.15) is 0 Å². The quantitative estimate of drug-likeness (QED) is 0.134. The van der Waals surface area contributed by atoms with E-state index in [9.17, 15) is 0 Å². The lowest BCUT2D eigenvalue weighted by Gasteiger charge is -2.30. The highest BCUT2D eigenvalue weighted by atomic mass is 14.8. The van der Waals surface area contributed by atoms with E-state index in [1.165, 1.54) is 107 Å². The molecule has 1 unspecified atom stereocenters. The molecule has 0 heterocycles. The third kappa shape index (κ3) is 10.5. The van der Waals surface area contributed by atoms with E-state index in [4.69, 9.17) is 5.73 Å². The highest BCUT2D eigenvalue weighted by Crippen LogP contribution is 2.52. The fraction of sp³-hybridized carbons (Fsp3) is 0.256. The van der Waals surface area contributed by atoms with Crippen LogP contribution in [0.1, 0.15) is 145 Å². The number of benzene rings is 8. The number of allylic oxidation sites excluding steroid dienone is 8. The first-order valence-corrected chi connectivity index (χ1v) is 28.9. The van der Waals surface area contributed by atoms with E-state index in [-0.39, 0.29) is 21.7 Å². The maximum absolute atomic E-state index is 5.93. The zero-order chi connectivity index (χ0) is 56.6. The van der Waals surface area contributed by atoms with Gasteiger partial charge in [-0.3, -0.25) is 0 Å². The summed E-state index contributed by atoms with van der Waals surface area (Å²) in [5.41, 5.74) is 35.3. The maximum Gasteiger partial charge on any atom is 0.0341 e. The van der Waals surface area contributed by atoms with Crippen molar-refractivity contribution in [3.63, 3.8) is 0 Å². The van der Waals surface area contributed by atoms with E-state index in [0.29, 0.717) is 11.8 Å². The van der Waals surface area contributed by atoms with Crippen molar-refractivity contribution in [2.45, 2.75) is 111 Å². The molecule has 0 aliphatic heterocycles. The zero-order valence-corrected chi connectivity index (χ0v) is 49.4. The minimum absolute atomic E-state index is 0.0207. The molecule has 0 amide bonds. The summed E-state index contributed by atoms with van der Waals surface area (Å²) in [5, 5.41) is 3.21. The fourth-order valence-corrected chi connectivity index (χ4v) is 13.2. The maximum atomic E-state index is 5.93. The minimum Gasteiger partial charge on any atom is -0.399 e. The normalized spacial score (nSPS) is 17.1. The summed E-state index contributed by atoms with van der Waals surface area (Å²) in [5.74, 6) is 7.51. The molecule has 6 aliphatic carbocycles. The molecule has 2 nitrogen and oxygen atoms in total. The number of nitrogen functional groups attached to an aromatic ring is 1. The molecule has 80 heavy (non-hydrogen) atoms. The van der Waals surface area contributed by atoms with Crippen LogP contribution < -0.4 is 11.1 Å². The number of hydrogen-bond acceptors (Lipinski definition) is 2. The van der Waals surface area contributed by atoms with E-state index in [0.717, 1.165) is 17.8 Å². The highest BCUT2D eigenvalue weighted by Gasteiger charge is 2.38. The van der Waals surface area contributed by atoms with E-state index in [2.05, 4.69) is 294 Å². The molecule has 0 saturated heterocycles. The zero-order valence-electron chi connectivity index (χ0n) is 49.4. The average molecular weight is 1050 g/mol. The third-order valence-electron chi connectivity index (χ3n) is 17.7. The molecule has 1 atom stereocenters. The molecule has 0 spiro atoms. The summed E-state index contributed by atoms with van der Waals surface area (Å²) < 4.78 is 0. The highest BCUT2D eigenvalue weighted by molar-refractivity contribution is 5.88. The first-order valence-electron chi connectivity index (χ1n) is 28.9. The summed E-state index contributed by atoms with van der Waals surface area (Å²) in [6.45, 7) is 25.3. The number of nitrogens with one attached hydrogen (secondary N) is 1. The topological polar surface area (TPSA) is 38.0 Å². The number of rotatable bonds is 2. The van der Waals surface area contributed by atoms with E-state index >= 15 is 0 Å². The Morgan fingerprint density at radius 3 is 1.54 bits per heavy atom. The largest absolute Gasteiger partial charge is 0.399 e. The van der Waals surface area contributed by atoms with Crippen LogP contribution in [0.5, 0.6) is 0 Å². The summed E-state index contributed by atoms with van der Waals surface area (Å²) in [4.78, 5) is 0. The van der Waals surface area contributed by atoms with Gasteiger partial charge in [0.2, 0.25) is 0 Å². The summed E-state index contributed by atoms with van der Waals surface area (Å²) in [7, 11) is 1.95. The van der Waals surface area contributed by atoms with Crippen LogP contribution in [0, 0.1) is 23.2 Å². The predicted molar refractivity (Wildman–Crippen MR) is 345 cm³/mol. The summed E-state index contributed by atoms with van der Waals surface area (Å²) in [6, 6.07) is 67.1. The van der Waals surface area contributed by atoms with E-state index < -0.39 is 0 Å². The molecule has 0 saturated carbocycles. The van der Waals surface area contributed by atoms with E-state index in [1.807, 2.05) is 19.2 Å². The first-order chi connectivity index (χ1) is 38.3. The van der Waals surface area contributed by atoms with Crippen LogP contribution in [0.2, 0.25) is 0 Å². The number of nitrogens with two attached hydrogens (primary N) is 1. The van der Waals surface area contributed by atoms with Crippen LogP contribution >= 0.6 is 0 Å². The van der Waals surface area contributed by atoms with Crippen molar-refractivity contribution >= 4 is 22.5 Å². The van der Waals surface area contributed by atoms with Gasteiger partial charge in [0, 0.05) is 47.0 Å². The SMILES string of the molecule is CC1(C)C2=C(C=CC#CC2)c2ccccc21.CC1(C)c2ccccc2-c2ccccc21.CC1C=CC(c2ccccc2)=C(C(C)(C)C)C1.CC1c2ccccc2-c2ccccc21.CNc1ccc2c(c1)C(C)(C)c1cc(N)ccc1-2.